The number of benzene rings is 1. The smallest absolute Gasteiger partial charge is 0.173 e. The van der Waals surface area contributed by atoms with Crippen molar-refractivity contribution in [3.8, 4) is 17.1 Å². The van der Waals surface area contributed by atoms with E-state index in [0.717, 1.165) is 0 Å². The molecule has 16 heavy (non-hydrogen) atoms. The Balaban J connectivity index is 2.53. The molecule has 3 nitrogen and oxygen atoms in total. The van der Waals surface area contributed by atoms with Crippen molar-refractivity contribution in [2.45, 2.75) is 5.88 Å². The van der Waals surface area contributed by atoms with Crippen LogP contribution in [0.15, 0.2) is 28.8 Å². The van der Waals surface area contributed by atoms with Crippen molar-refractivity contribution in [2.75, 3.05) is 7.11 Å². The van der Waals surface area contributed by atoms with Gasteiger partial charge in [0.15, 0.2) is 5.76 Å². The summed E-state index contributed by atoms with van der Waals surface area (Å²) in [4.78, 5) is 0. The summed E-state index contributed by atoms with van der Waals surface area (Å²) >= 11 is 5.59. The van der Waals surface area contributed by atoms with Gasteiger partial charge in [0.25, 0.3) is 0 Å². The molecule has 0 aliphatic heterocycles. The highest BCUT2D eigenvalue weighted by molar-refractivity contribution is 6.16. The molecule has 0 radical (unpaired) electrons. The lowest BCUT2D eigenvalue weighted by atomic mass is 10.1. The van der Waals surface area contributed by atoms with Crippen LogP contribution in [0.25, 0.3) is 11.3 Å². The molecule has 0 fully saturated rings. The number of alkyl halides is 1. The molecule has 2 rings (SSSR count). The SMILES string of the molecule is COc1cccc(F)c1-c1cc(CCl)no1. The van der Waals surface area contributed by atoms with E-state index in [2.05, 4.69) is 5.16 Å². The number of rotatable bonds is 3. The topological polar surface area (TPSA) is 35.3 Å². The van der Waals surface area contributed by atoms with Crippen molar-refractivity contribution in [3.05, 3.63) is 35.8 Å². The highest BCUT2D eigenvalue weighted by Crippen LogP contribution is 2.32. The van der Waals surface area contributed by atoms with Gasteiger partial charge in [0.05, 0.1) is 24.2 Å². The highest BCUT2D eigenvalue weighted by Gasteiger charge is 2.16. The van der Waals surface area contributed by atoms with Gasteiger partial charge in [-0.1, -0.05) is 11.2 Å². The number of nitrogens with zero attached hydrogens (tertiary/aromatic N) is 1. The average molecular weight is 242 g/mol. The highest BCUT2D eigenvalue weighted by atomic mass is 35.5. The lowest BCUT2D eigenvalue weighted by molar-refractivity contribution is 0.400. The van der Waals surface area contributed by atoms with Crippen LogP contribution in [0.2, 0.25) is 0 Å². The van der Waals surface area contributed by atoms with Gasteiger partial charge in [-0.05, 0) is 12.1 Å². The van der Waals surface area contributed by atoms with E-state index < -0.39 is 5.82 Å². The Morgan fingerprint density at radius 2 is 2.31 bits per heavy atom. The second kappa shape index (κ2) is 4.53. The van der Waals surface area contributed by atoms with Crippen LogP contribution in [-0.4, -0.2) is 12.3 Å². The average Bonchev–Trinajstić information content (AvgIpc) is 2.76. The van der Waals surface area contributed by atoms with Gasteiger partial charge in [0.2, 0.25) is 0 Å². The van der Waals surface area contributed by atoms with Crippen molar-refractivity contribution >= 4 is 11.6 Å². The van der Waals surface area contributed by atoms with Gasteiger partial charge in [-0.2, -0.15) is 0 Å². The van der Waals surface area contributed by atoms with E-state index in [1.807, 2.05) is 0 Å². The molecule has 0 atom stereocenters. The maximum absolute atomic E-state index is 13.6. The summed E-state index contributed by atoms with van der Waals surface area (Å²) in [7, 11) is 1.47. The maximum Gasteiger partial charge on any atom is 0.173 e. The van der Waals surface area contributed by atoms with Gasteiger partial charge in [-0.25, -0.2) is 4.39 Å². The minimum absolute atomic E-state index is 0.222. The van der Waals surface area contributed by atoms with Crippen molar-refractivity contribution in [2.24, 2.45) is 0 Å². The molecule has 0 amide bonds. The van der Waals surface area contributed by atoms with Crippen LogP contribution in [0.4, 0.5) is 4.39 Å². The Morgan fingerprint density at radius 3 is 2.94 bits per heavy atom. The molecule has 0 aliphatic carbocycles. The largest absolute Gasteiger partial charge is 0.496 e. The summed E-state index contributed by atoms with van der Waals surface area (Å²) < 4.78 is 23.7. The molecule has 0 spiro atoms. The molecule has 0 bridgehead atoms. The molecular weight excluding hydrogens is 233 g/mol. The van der Waals surface area contributed by atoms with Crippen molar-refractivity contribution < 1.29 is 13.7 Å². The zero-order valence-electron chi connectivity index (χ0n) is 8.54. The predicted octanol–water partition coefficient (Wildman–Crippen LogP) is 3.23. The van der Waals surface area contributed by atoms with Gasteiger partial charge in [0.1, 0.15) is 11.6 Å². The van der Waals surface area contributed by atoms with E-state index in [1.165, 1.54) is 13.2 Å². The summed E-state index contributed by atoms with van der Waals surface area (Å²) in [6, 6.07) is 6.15. The van der Waals surface area contributed by atoms with Crippen LogP contribution in [0.1, 0.15) is 5.69 Å². The number of ether oxygens (including phenoxy) is 1. The number of methoxy groups -OCH3 is 1. The summed E-state index contributed by atoms with van der Waals surface area (Å²) in [6.07, 6.45) is 0. The molecule has 0 N–H and O–H groups in total. The van der Waals surface area contributed by atoms with Gasteiger partial charge in [0, 0.05) is 6.07 Å². The van der Waals surface area contributed by atoms with Crippen molar-refractivity contribution in [1.29, 1.82) is 0 Å². The van der Waals surface area contributed by atoms with E-state index in [4.69, 9.17) is 20.9 Å². The fourth-order valence-corrected chi connectivity index (χ4v) is 1.53. The van der Waals surface area contributed by atoms with Crippen LogP contribution in [0.5, 0.6) is 5.75 Å². The third-order valence-corrected chi connectivity index (χ3v) is 2.41. The minimum Gasteiger partial charge on any atom is -0.496 e. The monoisotopic (exact) mass is 241 g/mol. The van der Waals surface area contributed by atoms with Crippen LogP contribution in [-0.2, 0) is 5.88 Å². The molecule has 1 heterocycles. The van der Waals surface area contributed by atoms with Crippen molar-refractivity contribution in [1.82, 2.24) is 5.16 Å². The number of hydrogen-bond donors (Lipinski definition) is 0. The lowest BCUT2D eigenvalue weighted by Crippen LogP contribution is -1.90. The van der Waals surface area contributed by atoms with Crippen LogP contribution in [0, 0.1) is 5.82 Å². The number of hydrogen-bond acceptors (Lipinski definition) is 3. The summed E-state index contributed by atoms with van der Waals surface area (Å²) in [6.45, 7) is 0. The third-order valence-electron chi connectivity index (χ3n) is 2.14. The normalized spacial score (nSPS) is 10.4. The third kappa shape index (κ3) is 1.88. The Labute approximate surface area is 96.8 Å². The first-order chi connectivity index (χ1) is 7.76. The molecule has 0 unspecified atom stereocenters. The zero-order valence-corrected chi connectivity index (χ0v) is 9.29. The Bertz CT molecular complexity index is 498. The van der Waals surface area contributed by atoms with E-state index in [9.17, 15) is 4.39 Å². The van der Waals surface area contributed by atoms with Crippen LogP contribution in [0.3, 0.4) is 0 Å². The predicted molar refractivity (Wildman–Crippen MR) is 58.0 cm³/mol. The first-order valence-electron chi connectivity index (χ1n) is 4.60. The molecule has 5 heteroatoms. The van der Waals surface area contributed by atoms with Gasteiger partial charge < -0.3 is 9.26 Å². The molecule has 0 aliphatic rings. The van der Waals surface area contributed by atoms with Crippen LogP contribution >= 0.6 is 11.6 Å². The molecule has 1 aromatic heterocycles. The molecule has 2 aromatic rings. The standard InChI is InChI=1S/C11H9ClFNO2/c1-15-9-4-2-3-8(13)11(9)10-5-7(6-12)14-16-10/h2-5H,6H2,1H3. The van der Waals surface area contributed by atoms with E-state index in [-0.39, 0.29) is 11.4 Å². The summed E-state index contributed by atoms with van der Waals surface area (Å²) in [5.41, 5.74) is 0.816. The quantitative estimate of drug-likeness (QED) is 0.774. The van der Waals surface area contributed by atoms with E-state index in [0.29, 0.717) is 17.2 Å². The molecule has 0 saturated carbocycles. The zero-order chi connectivity index (χ0) is 11.5. The Kier molecular flexibility index (Phi) is 3.10. The number of aromatic nitrogens is 1. The molecular formula is C11H9ClFNO2. The van der Waals surface area contributed by atoms with Gasteiger partial charge in [-0.3, -0.25) is 0 Å². The fourth-order valence-electron chi connectivity index (χ4n) is 1.41. The second-order valence-electron chi connectivity index (χ2n) is 3.13. The van der Waals surface area contributed by atoms with Gasteiger partial charge >= 0.3 is 0 Å². The molecule has 84 valence electrons. The number of halogens is 2. The fraction of sp³-hybridized carbons (Fsp3) is 0.182. The summed E-state index contributed by atoms with van der Waals surface area (Å²) in [5.74, 6) is 0.514. The molecule has 0 saturated heterocycles. The van der Waals surface area contributed by atoms with Crippen molar-refractivity contribution in [3.63, 3.8) is 0 Å². The first-order valence-corrected chi connectivity index (χ1v) is 5.14. The Morgan fingerprint density at radius 1 is 1.50 bits per heavy atom. The van der Waals surface area contributed by atoms with Crippen LogP contribution < -0.4 is 4.74 Å². The minimum atomic E-state index is -0.420. The Hall–Kier alpha value is -1.55. The summed E-state index contributed by atoms with van der Waals surface area (Å²) in [5, 5.41) is 3.70. The lowest BCUT2D eigenvalue weighted by Gasteiger charge is -2.05. The van der Waals surface area contributed by atoms with E-state index in [1.54, 1.807) is 18.2 Å². The molecule has 1 aromatic carbocycles. The second-order valence-corrected chi connectivity index (χ2v) is 3.40. The van der Waals surface area contributed by atoms with E-state index >= 15 is 0 Å². The first kappa shape index (κ1) is 11.0. The maximum atomic E-state index is 13.6. The van der Waals surface area contributed by atoms with Gasteiger partial charge in [-0.15, -0.1) is 11.6 Å².